The van der Waals surface area contributed by atoms with Crippen molar-refractivity contribution in [2.75, 3.05) is 33.5 Å². The first-order valence-electron chi connectivity index (χ1n) is 5.87. The van der Waals surface area contributed by atoms with E-state index in [0.29, 0.717) is 31.1 Å². The van der Waals surface area contributed by atoms with Gasteiger partial charge in [0, 0.05) is 25.0 Å². The van der Waals surface area contributed by atoms with Crippen molar-refractivity contribution < 1.29 is 23.4 Å². The molecule has 19 heavy (non-hydrogen) atoms. The molecule has 0 aliphatic rings. The first-order valence-corrected chi connectivity index (χ1v) is 6.32. The van der Waals surface area contributed by atoms with E-state index in [1.165, 1.54) is 18.2 Å². The molecule has 0 aliphatic heterocycles. The van der Waals surface area contributed by atoms with Gasteiger partial charge in [-0.3, -0.25) is 0 Å². The average molecular weight is 288 g/mol. The van der Waals surface area contributed by atoms with Gasteiger partial charge in [-0.15, -0.1) is 12.6 Å². The van der Waals surface area contributed by atoms with Gasteiger partial charge in [0.25, 0.3) is 0 Å². The number of rotatable bonds is 8. The van der Waals surface area contributed by atoms with Gasteiger partial charge in [0.1, 0.15) is 5.82 Å². The van der Waals surface area contributed by atoms with Crippen LogP contribution in [-0.4, -0.2) is 39.5 Å². The molecule has 0 saturated heterocycles. The van der Waals surface area contributed by atoms with Gasteiger partial charge in [0.15, 0.2) is 0 Å². The van der Waals surface area contributed by atoms with Gasteiger partial charge in [-0.05, 0) is 18.2 Å². The van der Waals surface area contributed by atoms with E-state index < -0.39 is 11.8 Å². The molecule has 1 rings (SSSR count). The number of carbonyl (C=O) groups is 1. The van der Waals surface area contributed by atoms with Gasteiger partial charge in [-0.25, -0.2) is 9.18 Å². The summed E-state index contributed by atoms with van der Waals surface area (Å²) in [5, 5.41) is 0. The summed E-state index contributed by atoms with van der Waals surface area (Å²) in [6.07, 6.45) is 0.553. The molecule has 6 heteroatoms. The van der Waals surface area contributed by atoms with Crippen LogP contribution >= 0.6 is 12.6 Å². The Morgan fingerprint density at radius 2 is 2.05 bits per heavy atom. The first kappa shape index (κ1) is 15.9. The molecule has 0 saturated carbocycles. The van der Waals surface area contributed by atoms with Gasteiger partial charge < -0.3 is 14.2 Å². The lowest BCUT2D eigenvalue weighted by molar-refractivity contribution is 0.0381. The molecule has 0 heterocycles. The Hall–Kier alpha value is -1.11. The van der Waals surface area contributed by atoms with E-state index in [4.69, 9.17) is 14.2 Å². The van der Waals surface area contributed by atoms with Gasteiger partial charge in [-0.1, -0.05) is 0 Å². The second-order valence-corrected chi connectivity index (χ2v) is 4.28. The fraction of sp³-hybridized carbons (Fsp3) is 0.462. The molecule has 0 fully saturated rings. The number of benzene rings is 1. The number of esters is 1. The number of ether oxygens (including phenoxy) is 3. The number of hydrogen-bond donors (Lipinski definition) is 1. The molecule has 0 unspecified atom stereocenters. The van der Waals surface area contributed by atoms with E-state index in [2.05, 4.69) is 12.6 Å². The third-order valence-electron chi connectivity index (χ3n) is 2.27. The molecule has 0 aromatic heterocycles. The topological polar surface area (TPSA) is 44.8 Å². The molecular formula is C13H17FO4S. The summed E-state index contributed by atoms with van der Waals surface area (Å²) in [4.78, 5) is 12.1. The number of hydrogen-bond acceptors (Lipinski definition) is 5. The summed E-state index contributed by atoms with van der Waals surface area (Å²) < 4.78 is 28.3. The first-order chi connectivity index (χ1) is 9.15. The SMILES string of the molecule is COCCOCCCOC(=O)c1cc(S)ccc1F. The smallest absolute Gasteiger partial charge is 0.341 e. The van der Waals surface area contributed by atoms with E-state index in [1.54, 1.807) is 7.11 Å². The summed E-state index contributed by atoms with van der Waals surface area (Å²) in [7, 11) is 1.59. The maximum absolute atomic E-state index is 13.4. The lowest BCUT2D eigenvalue weighted by Gasteiger charge is -2.07. The van der Waals surface area contributed by atoms with Crippen LogP contribution in [0.15, 0.2) is 23.1 Å². The molecule has 0 spiro atoms. The zero-order chi connectivity index (χ0) is 14.1. The lowest BCUT2D eigenvalue weighted by atomic mass is 10.2. The Morgan fingerprint density at radius 1 is 1.26 bits per heavy atom. The monoisotopic (exact) mass is 288 g/mol. The highest BCUT2D eigenvalue weighted by atomic mass is 32.1. The van der Waals surface area contributed by atoms with Crippen molar-refractivity contribution in [2.24, 2.45) is 0 Å². The highest BCUT2D eigenvalue weighted by Gasteiger charge is 2.13. The van der Waals surface area contributed by atoms with Crippen LogP contribution < -0.4 is 0 Å². The van der Waals surface area contributed by atoms with Crippen LogP contribution in [0.2, 0.25) is 0 Å². The van der Waals surface area contributed by atoms with E-state index in [9.17, 15) is 9.18 Å². The Balaban J connectivity index is 2.26. The van der Waals surface area contributed by atoms with Crippen LogP contribution in [0.4, 0.5) is 4.39 Å². The van der Waals surface area contributed by atoms with E-state index >= 15 is 0 Å². The second-order valence-electron chi connectivity index (χ2n) is 3.76. The van der Waals surface area contributed by atoms with Crippen LogP contribution in [0.3, 0.4) is 0 Å². The van der Waals surface area contributed by atoms with Crippen molar-refractivity contribution in [3.8, 4) is 0 Å². The van der Waals surface area contributed by atoms with E-state index in [-0.39, 0.29) is 12.2 Å². The molecule has 0 N–H and O–H groups in total. The van der Waals surface area contributed by atoms with Crippen LogP contribution in [0.5, 0.6) is 0 Å². The molecule has 106 valence electrons. The van der Waals surface area contributed by atoms with Gasteiger partial charge >= 0.3 is 5.97 Å². The van der Waals surface area contributed by atoms with Crippen molar-refractivity contribution >= 4 is 18.6 Å². The zero-order valence-electron chi connectivity index (χ0n) is 10.7. The number of carbonyl (C=O) groups excluding carboxylic acids is 1. The van der Waals surface area contributed by atoms with Gasteiger partial charge in [-0.2, -0.15) is 0 Å². The zero-order valence-corrected chi connectivity index (χ0v) is 11.6. The predicted octanol–water partition coefficient (Wildman–Crippen LogP) is 2.32. The van der Waals surface area contributed by atoms with Crippen molar-refractivity contribution in [1.29, 1.82) is 0 Å². The Labute approximate surface area is 117 Å². The molecule has 0 atom stereocenters. The Bertz CT molecular complexity index is 412. The largest absolute Gasteiger partial charge is 0.462 e. The number of methoxy groups -OCH3 is 1. The van der Waals surface area contributed by atoms with Crippen molar-refractivity contribution in [2.45, 2.75) is 11.3 Å². The van der Waals surface area contributed by atoms with Crippen LogP contribution in [0.1, 0.15) is 16.8 Å². The highest BCUT2D eigenvalue weighted by molar-refractivity contribution is 7.80. The third-order valence-corrected chi connectivity index (χ3v) is 2.55. The van der Waals surface area contributed by atoms with Gasteiger partial charge in [0.2, 0.25) is 0 Å². The fourth-order valence-corrected chi connectivity index (χ4v) is 1.52. The molecule has 4 nitrogen and oxygen atoms in total. The van der Waals surface area contributed by atoms with Crippen molar-refractivity contribution in [3.63, 3.8) is 0 Å². The van der Waals surface area contributed by atoms with Crippen molar-refractivity contribution in [3.05, 3.63) is 29.6 Å². The maximum Gasteiger partial charge on any atom is 0.341 e. The van der Waals surface area contributed by atoms with Crippen molar-refractivity contribution in [1.82, 2.24) is 0 Å². The molecule has 0 bridgehead atoms. The van der Waals surface area contributed by atoms with Crippen LogP contribution in [0.25, 0.3) is 0 Å². The normalized spacial score (nSPS) is 10.5. The predicted molar refractivity (Wildman–Crippen MR) is 71.2 cm³/mol. The minimum absolute atomic E-state index is 0.104. The fourth-order valence-electron chi connectivity index (χ4n) is 1.32. The molecule has 1 aromatic rings. The van der Waals surface area contributed by atoms with Crippen LogP contribution in [-0.2, 0) is 14.2 Å². The van der Waals surface area contributed by atoms with Crippen LogP contribution in [0, 0.1) is 5.82 Å². The Morgan fingerprint density at radius 3 is 2.79 bits per heavy atom. The summed E-state index contributed by atoms with van der Waals surface area (Å²) >= 11 is 4.05. The summed E-state index contributed by atoms with van der Waals surface area (Å²) in [6.45, 7) is 1.67. The highest BCUT2D eigenvalue weighted by Crippen LogP contribution is 2.14. The Kier molecular flexibility index (Phi) is 7.47. The maximum atomic E-state index is 13.4. The summed E-state index contributed by atoms with van der Waals surface area (Å²) in [6, 6.07) is 4.00. The average Bonchev–Trinajstić information content (AvgIpc) is 2.40. The minimum Gasteiger partial charge on any atom is -0.462 e. The number of halogens is 1. The lowest BCUT2D eigenvalue weighted by Crippen LogP contribution is -2.11. The van der Waals surface area contributed by atoms with E-state index in [1.807, 2.05) is 0 Å². The molecular weight excluding hydrogens is 271 g/mol. The third kappa shape index (κ3) is 6.04. The molecule has 0 radical (unpaired) electrons. The standard InChI is InChI=1S/C13H17FO4S/c1-16-7-8-17-5-2-6-18-13(15)11-9-10(19)3-4-12(11)14/h3-4,9,19H,2,5-8H2,1H3. The number of thiol groups is 1. The quantitative estimate of drug-likeness (QED) is 0.453. The molecule has 0 amide bonds. The molecule has 0 aliphatic carbocycles. The summed E-state index contributed by atoms with van der Waals surface area (Å²) in [5.41, 5.74) is -0.104. The second kappa shape index (κ2) is 8.90. The minimum atomic E-state index is -0.690. The molecule has 1 aromatic carbocycles. The van der Waals surface area contributed by atoms with E-state index in [0.717, 1.165) is 0 Å². The summed E-state index contributed by atoms with van der Waals surface area (Å²) in [5.74, 6) is -1.30. The van der Waals surface area contributed by atoms with Gasteiger partial charge in [0.05, 0.1) is 25.4 Å².